The Balaban J connectivity index is 1.48. The van der Waals surface area contributed by atoms with Gasteiger partial charge in [-0.15, -0.1) is 0 Å². The number of primary amides is 1. The second-order valence-corrected chi connectivity index (χ2v) is 31.6. The lowest BCUT2D eigenvalue weighted by Crippen LogP contribution is -2.60. The number of guanidine groups is 1. The monoisotopic (exact) mass is 1910 g/mol. The standard InChI is InChI=1S/C83H117N25O28/c1-41(2)24-53(77(131)101-50(12-9-23-89-83(86)87)75(129)102-52(71(85)125)25-44-10-7-6-8-11-44)103-79(133)56(28-47-31-88-40-97-47)99-65(117)38-95-73(127)54(26-45-13-17-48(110)18-14-45)104-80(134)57(29-68(121)122)107-81(135)58(30-69(123)124)106-78(132)55(27-46-15-19-49(111)20-16-46)105-76(130)51(21-22-67(119)120)98-63(115)35-90-62(114)34-96-82(136)70(42(3)4)108-66(118)37-92-61(113)33-94-74(128)59(39-109)100-64(116)36-91-60(112)32-93-72(126)43(5)84/h6-8,10-11,13-20,31,40-43,50-59,70,109-111H,9,12,21-30,32-39,84H2,1-5H3,(H2,85,125)(H,88,97)(H,90,114)(H,91,112)(H,92,113)(H,93,126)(H,94,128)(H,95,127)(H,96,136)(H,98,115)(H,99,117)(H,100,116)(H,101,131)(H,102,129)(H,103,133)(H,104,134)(H,105,130)(H,106,132)(H,107,135)(H,108,118)(H,119,120)(H,121,122)(H,123,124)(H4,86,87,89)/t43-,50-,51-,52-,53-,54-,55-,56-,57-,58-,59-,70-/m0/s1. The third kappa shape index (κ3) is 43.8. The van der Waals surface area contributed by atoms with Gasteiger partial charge >= 0.3 is 17.9 Å². The first-order chi connectivity index (χ1) is 64.2. The van der Waals surface area contributed by atoms with Gasteiger partial charge in [-0.1, -0.05) is 82.3 Å². The third-order valence-electron chi connectivity index (χ3n) is 19.4. The molecule has 0 spiro atoms. The van der Waals surface area contributed by atoms with Crippen LogP contribution in [0, 0.1) is 17.2 Å². The van der Waals surface area contributed by atoms with Crippen molar-refractivity contribution in [2.45, 2.75) is 178 Å². The van der Waals surface area contributed by atoms with E-state index in [1.54, 1.807) is 44.2 Å². The number of phenolic OH excluding ortho intramolecular Hbond substituents is 2. The Morgan fingerprint density at radius 2 is 0.735 bits per heavy atom. The van der Waals surface area contributed by atoms with Crippen LogP contribution in [0.5, 0.6) is 11.5 Å². The van der Waals surface area contributed by atoms with Crippen molar-refractivity contribution in [2.24, 2.45) is 29.0 Å². The summed E-state index contributed by atoms with van der Waals surface area (Å²) in [5, 5.41) is 111. The molecule has 4 aromatic rings. The number of nitrogens with zero attached hydrogens (tertiary/aromatic N) is 1. The molecule has 0 saturated carbocycles. The number of aliphatic carboxylic acids is 3. The zero-order chi connectivity index (χ0) is 101. The third-order valence-corrected chi connectivity index (χ3v) is 19.4. The molecule has 742 valence electrons. The van der Waals surface area contributed by atoms with Crippen LogP contribution in [0.15, 0.2) is 91.4 Å². The van der Waals surface area contributed by atoms with Crippen LogP contribution in [-0.4, -0.2) is 308 Å². The molecule has 19 amide bonds. The number of carboxylic acids is 3. The van der Waals surface area contributed by atoms with E-state index >= 15 is 0 Å². The van der Waals surface area contributed by atoms with Gasteiger partial charge in [-0.25, -0.2) is 4.98 Å². The van der Waals surface area contributed by atoms with Crippen molar-refractivity contribution in [2.75, 3.05) is 59.0 Å². The fraction of sp³-hybridized carbons (Fsp3) is 0.470. The molecule has 0 bridgehead atoms. The van der Waals surface area contributed by atoms with E-state index in [2.05, 4.69) is 106 Å². The van der Waals surface area contributed by atoms with E-state index in [-0.39, 0.29) is 78.8 Å². The number of carboxylic acid groups (broad SMARTS) is 3. The summed E-state index contributed by atoms with van der Waals surface area (Å²) in [7, 11) is 0. The van der Waals surface area contributed by atoms with Gasteiger partial charge < -0.3 is 154 Å². The maximum atomic E-state index is 14.5. The van der Waals surface area contributed by atoms with Gasteiger partial charge in [0, 0.05) is 44.8 Å². The van der Waals surface area contributed by atoms with Crippen LogP contribution in [0.2, 0.25) is 0 Å². The molecule has 3 aromatic carbocycles. The zero-order valence-corrected chi connectivity index (χ0v) is 74.7. The maximum Gasteiger partial charge on any atom is 0.305 e. The molecule has 136 heavy (non-hydrogen) atoms. The van der Waals surface area contributed by atoms with E-state index in [0.717, 1.165) is 12.1 Å². The van der Waals surface area contributed by atoms with E-state index in [9.17, 15) is 136 Å². The fourth-order valence-electron chi connectivity index (χ4n) is 12.4. The van der Waals surface area contributed by atoms with E-state index < -0.39 is 300 Å². The number of aromatic nitrogens is 2. The van der Waals surface area contributed by atoms with Crippen LogP contribution in [0.4, 0.5) is 0 Å². The number of imidazole rings is 1. The van der Waals surface area contributed by atoms with Gasteiger partial charge in [-0.2, -0.15) is 0 Å². The van der Waals surface area contributed by atoms with E-state index in [1.165, 1.54) is 69.7 Å². The highest BCUT2D eigenvalue weighted by Crippen LogP contribution is 2.17. The number of hydrogen-bond donors (Lipinski definition) is 30. The molecule has 0 saturated heterocycles. The van der Waals surface area contributed by atoms with Crippen molar-refractivity contribution in [1.29, 1.82) is 5.41 Å². The van der Waals surface area contributed by atoms with Gasteiger partial charge in [0.25, 0.3) is 0 Å². The van der Waals surface area contributed by atoms with Crippen molar-refractivity contribution in [1.82, 2.24) is 111 Å². The number of aromatic hydroxyl groups is 2. The molecule has 1 heterocycles. The van der Waals surface area contributed by atoms with Crippen molar-refractivity contribution >= 4 is 136 Å². The average molecular weight is 1910 g/mol. The van der Waals surface area contributed by atoms with E-state index in [0.29, 0.717) is 5.56 Å². The van der Waals surface area contributed by atoms with Crippen molar-refractivity contribution in [3.8, 4) is 11.5 Å². The Labute approximate surface area is 776 Å². The highest BCUT2D eigenvalue weighted by atomic mass is 16.4. The van der Waals surface area contributed by atoms with Crippen LogP contribution in [0.1, 0.15) is 102 Å². The van der Waals surface area contributed by atoms with Crippen molar-refractivity contribution in [3.63, 3.8) is 0 Å². The number of amides is 19. The predicted molar refractivity (Wildman–Crippen MR) is 473 cm³/mol. The van der Waals surface area contributed by atoms with Crippen LogP contribution in [0.3, 0.4) is 0 Å². The maximum absolute atomic E-state index is 14.5. The number of carbonyl (C=O) groups excluding carboxylic acids is 19. The molecule has 33 N–H and O–H groups in total. The van der Waals surface area contributed by atoms with Crippen molar-refractivity contribution in [3.05, 3.63) is 114 Å². The zero-order valence-electron chi connectivity index (χ0n) is 74.7. The molecule has 0 radical (unpaired) electrons. The summed E-state index contributed by atoms with van der Waals surface area (Å²) in [5.41, 5.74) is 17.7. The Hall–Kier alpha value is -16.0. The Bertz CT molecular complexity index is 4850. The van der Waals surface area contributed by atoms with Crippen LogP contribution in [0.25, 0.3) is 0 Å². The number of aliphatic hydroxyl groups is 1. The molecule has 0 fully saturated rings. The van der Waals surface area contributed by atoms with Gasteiger partial charge in [0.2, 0.25) is 112 Å². The smallest absolute Gasteiger partial charge is 0.305 e. The summed E-state index contributed by atoms with van der Waals surface area (Å²) in [6.45, 7) is 1.27. The minimum absolute atomic E-state index is 0.0172. The summed E-state index contributed by atoms with van der Waals surface area (Å²) in [5.74, 6) is -27.3. The summed E-state index contributed by atoms with van der Waals surface area (Å²) in [6.07, 6.45) is -3.13. The van der Waals surface area contributed by atoms with Gasteiger partial charge in [-0.3, -0.25) is 111 Å². The molecule has 1 aromatic heterocycles. The first-order valence-electron chi connectivity index (χ1n) is 42.4. The van der Waals surface area contributed by atoms with E-state index in [1.807, 2.05) is 5.32 Å². The molecule has 53 nitrogen and oxygen atoms in total. The number of benzene rings is 3. The van der Waals surface area contributed by atoms with Gasteiger partial charge in [0.05, 0.1) is 83.3 Å². The molecule has 4 rings (SSSR count). The normalized spacial score (nSPS) is 13.5. The van der Waals surface area contributed by atoms with Gasteiger partial charge in [-0.05, 0) is 85.4 Å². The number of hydrogen-bond acceptors (Lipinski definition) is 28. The average Bonchev–Trinajstić information content (AvgIpc) is 1.35. The summed E-state index contributed by atoms with van der Waals surface area (Å²) in [4.78, 5) is 299. The first kappa shape index (κ1) is 112. The number of H-pyrrole nitrogens is 1. The minimum Gasteiger partial charge on any atom is -0.508 e. The number of aromatic amines is 1. The summed E-state index contributed by atoms with van der Waals surface area (Å²) >= 11 is 0. The summed E-state index contributed by atoms with van der Waals surface area (Å²) < 4.78 is 0. The first-order valence-corrected chi connectivity index (χ1v) is 42.4. The second-order valence-electron chi connectivity index (χ2n) is 31.6. The highest BCUT2D eigenvalue weighted by Gasteiger charge is 2.38. The number of nitrogens with one attached hydrogen (secondary N) is 21. The molecule has 0 aliphatic rings. The Kier molecular flexibility index (Phi) is 47.9. The topological polar surface area (TPSA) is 856 Å². The van der Waals surface area contributed by atoms with Crippen LogP contribution < -0.4 is 118 Å². The number of rotatable bonds is 60. The molecular formula is C83H117N25O28. The molecule has 0 aliphatic heterocycles. The molecule has 12 atom stereocenters. The fourth-order valence-corrected chi connectivity index (χ4v) is 12.4. The van der Waals surface area contributed by atoms with Gasteiger partial charge in [0.1, 0.15) is 78.0 Å². The SMILES string of the molecule is CC(C)C[C@H](NC(=O)[C@H](Cc1c[nH]cn1)NC(=O)CNC(=O)[C@H](Cc1ccc(O)cc1)NC(=O)[C@H](CC(=O)O)NC(=O)[C@H](CC(=O)O)NC(=O)[C@H](Cc1ccc(O)cc1)NC(=O)[C@H](CCC(=O)O)NC(=O)CNC(=O)CNC(=O)[C@@H](NC(=O)CNC(=O)CNC(=O)[C@H](CO)NC(=O)CNC(=O)CNC(=O)[C@H](C)N)C(C)C)C(=O)N[C@@H](CCCNC(=N)N)C(=O)N[C@@H](Cc1ccccc1)C(N)=O. The lowest BCUT2D eigenvalue weighted by molar-refractivity contribution is -0.143. The Morgan fingerprint density at radius 1 is 0.375 bits per heavy atom. The van der Waals surface area contributed by atoms with Gasteiger partial charge in [0.15, 0.2) is 5.96 Å². The number of phenols is 2. The second kappa shape index (κ2) is 58.0. The minimum atomic E-state index is -2.30. The van der Waals surface area contributed by atoms with Crippen molar-refractivity contribution < 1.29 is 136 Å². The number of aliphatic hydroxyl groups excluding tert-OH is 1. The summed E-state index contributed by atoms with van der Waals surface area (Å²) in [6, 6.07) is -1.46. The largest absolute Gasteiger partial charge is 0.508 e. The molecular weight excluding hydrogens is 1800 g/mol. The molecule has 53 heteroatoms. The lowest BCUT2D eigenvalue weighted by atomic mass is 10.0. The predicted octanol–water partition coefficient (Wildman–Crippen LogP) is -11.2. The van der Waals surface area contributed by atoms with E-state index in [4.69, 9.17) is 22.6 Å². The lowest BCUT2D eigenvalue weighted by Gasteiger charge is -2.27. The van der Waals surface area contributed by atoms with Crippen LogP contribution >= 0.6 is 0 Å². The molecule has 0 unspecified atom stereocenters. The molecule has 0 aliphatic carbocycles. The Morgan fingerprint density at radius 3 is 1.17 bits per heavy atom. The van der Waals surface area contributed by atoms with Crippen LogP contribution in [-0.2, 0) is 131 Å². The number of carbonyl (C=O) groups is 22. The highest BCUT2D eigenvalue weighted by molar-refractivity contribution is 6.02. The number of nitrogens with two attached hydrogens (primary N) is 3. The quantitative estimate of drug-likeness (QED) is 0.0111.